The first-order valence-electron chi connectivity index (χ1n) is 13.1. The number of fused-ring (bicyclic) bond motifs is 1. The molecular weight excluding hydrogens is 482 g/mol. The van der Waals surface area contributed by atoms with Gasteiger partial charge in [-0.05, 0) is 74.7 Å². The molecule has 0 unspecified atom stereocenters. The van der Waals surface area contributed by atoms with E-state index >= 15 is 0 Å². The maximum Gasteiger partial charge on any atom is 0.178 e. The summed E-state index contributed by atoms with van der Waals surface area (Å²) in [6, 6.07) is 19.0. The molecule has 0 bridgehead atoms. The van der Waals surface area contributed by atoms with E-state index < -0.39 is 9.84 Å². The second kappa shape index (κ2) is 9.26. The summed E-state index contributed by atoms with van der Waals surface area (Å²) >= 11 is 0. The van der Waals surface area contributed by atoms with Gasteiger partial charge in [0.05, 0.1) is 10.4 Å². The number of benzene rings is 2. The lowest BCUT2D eigenvalue weighted by atomic mass is 10.1. The van der Waals surface area contributed by atoms with E-state index in [1.165, 1.54) is 11.9 Å². The van der Waals surface area contributed by atoms with E-state index in [2.05, 4.69) is 58.5 Å². The molecule has 1 saturated carbocycles. The van der Waals surface area contributed by atoms with Crippen LogP contribution in [0.4, 0.5) is 5.69 Å². The predicted molar refractivity (Wildman–Crippen MR) is 149 cm³/mol. The van der Waals surface area contributed by atoms with E-state index in [9.17, 15) is 8.42 Å². The molecule has 0 radical (unpaired) electrons. The largest absolute Gasteiger partial charge is 0.369 e. The maximum atomic E-state index is 11.9. The third kappa shape index (κ3) is 4.76. The third-order valence-corrected chi connectivity index (χ3v) is 8.74. The third-order valence-electron chi connectivity index (χ3n) is 7.61. The standard InChI is InChI=1S/C29H33N5O2S/c1-20(2)32-14-16-33(17-15-32)24-8-4-21(5-9-24)23-18-27-28(30-19-23)31-29(34(27)25-10-11-25)22-6-12-26(13-7-22)37(3,35)36/h4-9,12-13,18-20,25H,10-11,14-17H2,1-3H3. The van der Waals surface area contributed by atoms with Gasteiger partial charge in [-0.1, -0.05) is 12.1 Å². The van der Waals surface area contributed by atoms with Gasteiger partial charge < -0.3 is 9.47 Å². The summed E-state index contributed by atoms with van der Waals surface area (Å²) in [5.74, 6) is 0.845. The van der Waals surface area contributed by atoms with Gasteiger partial charge in [-0.2, -0.15) is 0 Å². The molecule has 1 aliphatic carbocycles. The second-order valence-electron chi connectivity index (χ2n) is 10.6. The second-order valence-corrected chi connectivity index (χ2v) is 12.6. The zero-order valence-corrected chi connectivity index (χ0v) is 22.4. The van der Waals surface area contributed by atoms with Crippen LogP contribution in [0.25, 0.3) is 33.7 Å². The number of hydrogen-bond acceptors (Lipinski definition) is 6. The normalized spacial score (nSPS) is 17.1. The smallest absolute Gasteiger partial charge is 0.178 e. The van der Waals surface area contributed by atoms with Crippen LogP contribution in [-0.2, 0) is 9.84 Å². The van der Waals surface area contributed by atoms with E-state index in [-0.39, 0.29) is 0 Å². The summed E-state index contributed by atoms with van der Waals surface area (Å²) in [6.45, 7) is 8.85. The summed E-state index contributed by atoms with van der Waals surface area (Å²) in [6.07, 6.45) is 5.36. The highest BCUT2D eigenvalue weighted by Gasteiger charge is 2.29. The number of rotatable bonds is 6. The van der Waals surface area contributed by atoms with Crippen molar-refractivity contribution >= 4 is 26.7 Å². The predicted octanol–water partition coefficient (Wildman–Crippen LogP) is 5.03. The highest BCUT2D eigenvalue weighted by atomic mass is 32.2. The van der Waals surface area contributed by atoms with Gasteiger partial charge in [-0.3, -0.25) is 4.90 Å². The molecule has 3 heterocycles. The molecule has 7 nitrogen and oxygen atoms in total. The summed E-state index contributed by atoms with van der Waals surface area (Å²) in [5, 5.41) is 0. The summed E-state index contributed by atoms with van der Waals surface area (Å²) in [4.78, 5) is 14.9. The maximum absolute atomic E-state index is 11.9. The van der Waals surface area contributed by atoms with Crippen LogP contribution < -0.4 is 4.90 Å². The zero-order valence-electron chi connectivity index (χ0n) is 21.6. The lowest BCUT2D eigenvalue weighted by Crippen LogP contribution is -2.48. The molecule has 4 aromatic rings. The number of sulfone groups is 1. The Hall–Kier alpha value is -3.23. The minimum absolute atomic E-state index is 0.316. The van der Waals surface area contributed by atoms with Crippen molar-refractivity contribution < 1.29 is 8.42 Å². The van der Waals surface area contributed by atoms with Gasteiger partial charge in [0.25, 0.3) is 0 Å². The molecule has 1 saturated heterocycles. The van der Waals surface area contributed by atoms with Crippen LogP contribution in [0.5, 0.6) is 0 Å². The molecule has 2 aromatic heterocycles. The van der Waals surface area contributed by atoms with Gasteiger partial charge in [0.2, 0.25) is 0 Å². The molecule has 0 spiro atoms. The van der Waals surface area contributed by atoms with Gasteiger partial charge in [-0.15, -0.1) is 0 Å². The van der Waals surface area contributed by atoms with Crippen LogP contribution in [0.1, 0.15) is 32.7 Å². The topological polar surface area (TPSA) is 71.3 Å². The van der Waals surface area contributed by atoms with Crippen molar-refractivity contribution in [3.63, 3.8) is 0 Å². The van der Waals surface area contributed by atoms with Crippen molar-refractivity contribution in [2.75, 3.05) is 37.3 Å². The SMILES string of the molecule is CC(C)N1CCN(c2ccc(-c3cnc4nc(-c5ccc(S(C)(=O)=O)cc5)n(C5CC5)c4c3)cc2)CC1. The quantitative estimate of drug-likeness (QED) is 0.359. The summed E-state index contributed by atoms with van der Waals surface area (Å²) in [7, 11) is -3.24. The molecule has 37 heavy (non-hydrogen) atoms. The Morgan fingerprint density at radius 2 is 1.51 bits per heavy atom. The lowest BCUT2D eigenvalue weighted by Gasteiger charge is -2.38. The number of nitrogens with zero attached hydrogens (tertiary/aromatic N) is 5. The molecule has 6 rings (SSSR count). The molecule has 1 aliphatic heterocycles. The van der Waals surface area contributed by atoms with Crippen molar-refractivity contribution in [3.8, 4) is 22.5 Å². The summed E-state index contributed by atoms with van der Waals surface area (Å²) < 4.78 is 26.1. The number of hydrogen-bond donors (Lipinski definition) is 0. The van der Waals surface area contributed by atoms with Crippen LogP contribution in [-0.4, -0.2) is 66.3 Å². The number of piperazine rings is 1. The molecular formula is C29H33N5O2S. The van der Waals surface area contributed by atoms with Crippen LogP contribution >= 0.6 is 0 Å². The first-order valence-corrected chi connectivity index (χ1v) is 14.9. The fourth-order valence-corrected chi connectivity index (χ4v) is 5.88. The Bertz CT molecular complexity index is 1530. The minimum atomic E-state index is -3.24. The van der Waals surface area contributed by atoms with Crippen molar-refractivity contribution in [1.29, 1.82) is 0 Å². The minimum Gasteiger partial charge on any atom is -0.369 e. The number of imidazole rings is 1. The van der Waals surface area contributed by atoms with Gasteiger partial charge in [-0.25, -0.2) is 18.4 Å². The first kappa shape index (κ1) is 24.1. The Kier molecular flexibility index (Phi) is 6.04. The van der Waals surface area contributed by atoms with E-state index in [0.717, 1.165) is 72.7 Å². The average molecular weight is 516 g/mol. The van der Waals surface area contributed by atoms with Crippen LogP contribution in [0.2, 0.25) is 0 Å². The van der Waals surface area contributed by atoms with Crippen LogP contribution in [0.3, 0.4) is 0 Å². The van der Waals surface area contributed by atoms with Crippen molar-refractivity contribution in [1.82, 2.24) is 19.4 Å². The zero-order chi connectivity index (χ0) is 25.7. The molecule has 2 aliphatic rings. The average Bonchev–Trinajstić information content (AvgIpc) is 3.67. The van der Waals surface area contributed by atoms with Gasteiger partial charge in [0, 0.05) is 67.5 Å². The molecule has 0 atom stereocenters. The fourth-order valence-electron chi connectivity index (χ4n) is 5.25. The molecule has 192 valence electrons. The highest BCUT2D eigenvalue weighted by Crippen LogP contribution is 2.41. The van der Waals surface area contributed by atoms with Crippen LogP contribution in [0, 0.1) is 0 Å². The van der Waals surface area contributed by atoms with E-state index in [1.807, 2.05) is 18.3 Å². The fraction of sp³-hybridized carbons (Fsp3) is 0.379. The van der Waals surface area contributed by atoms with Crippen molar-refractivity contribution in [2.24, 2.45) is 0 Å². The van der Waals surface area contributed by atoms with E-state index in [0.29, 0.717) is 17.0 Å². The molecule has 8 heteroatoms. The molecule has 2 fully saturated rings. The monoisotopic (exact) mass is 515 g/mol. The van der Waals surface area contributed by atoms with Crippen LogP contribution in [0.15, 0.2) is 65.7 Å². The Balaban J connectivity index is 1.30. The number of anilines is 1. The van der Waals surface area contributed by atoms with Gasteiger partial charge in [0.1, 0.15) is 5.82 Å². The van der Waals surface area contributed by atoms with Crippen molar-refractivity contribution in [2.45, 2.75) is 43.7 Å². The van der Waals surface area contributed by atoms with E-state index in [4.69, 9.17) is 9.97 Å². The van der Waals surface area contributed by atoms with Gasteiger partial charge >= 0.3 is 0 Å². The Labute approximate surface area is 218 Å². The number of aromatic nitrogens is 3. The van der Waals surface area contributed by atoms with Gasteiger partial charge in [0.15, 0.2) is 15.5 Å². The number of pyridine rings is 1. The first-order chi connectivity index (χ1) is 17.8. The molecule has 2 aromatic carbocycles. The highest BCUT2D eigenvalue weighted by molar-refractivity contribution is 7.90. The molecule has 0 N–H and O–H groups in total. The summed E-state index contributed by atoms with van der Waals surface area (Å²) in [5.41, 5.74) is 6.13. The Morgan fingerprint density at radius 3 is 2.11 bits per heavy atom. The molecule has 0 amide bonds. The van der Waals surface area contributed by atoms with Crippen molar-refractivity contribution in [3.05, 3.63) is 60.8 Å². The lowest BCUT2D eigenvalue weighted by molar-refractivity contribution is 0.209. The Morgan fingerprint density at radius 1 is 0.865 bits per heavy atom. The van der Waals surface area contributed by atoms with E-state index in [1.54, 1.807) is 12.1 Å².